The van der Waals surface area contributed by atoms with Gasteiger partial charge in [-0.25, -0.2) is 13.4 Å². The van der Waals surface area contributed by atoms with Gasteiger partial charge in [0.05, 0.1) is 0 Å². The number of hydrogen-bond donors (Lipinski definition) is 1. The fraction of sp³-hybridized carbons (Fsp3) is 0.778. The van der Waals surface area contributed by atoms with Crippen molar-refractivity contribution in [1.82, 2.24) is 15.2 Å². The summed E-state index contributed by atoms with van der Waals surface area (Å²) in [4.78, 5) is 4.26. The molecule has 1 heterocycles. The fourth-order valence-corrected chi connectivity index (χ4v) is 1.67. The van der Waals surface area contributed by atoms with E-state index in [-0.39, 0.29) is 0 Å². The zero-order valence-corrected chi connectivity index (χ0v) is 9.93. The Morgan fingerprint density at radius 2 is 2.00 bits per heavy atom. The van der Waals surface area contributed by atoms with Crippen LogP contribution < -0.4 is 0 Å². The van der Waals surface area contributed by atoms with Crippen LogP contribution in [0.25, 0.3) is 0 Å². The summed E-state index contributed by atoms with van der Waals surface area (Å²) in [5, 5.41) is 6.82. The summed E-state index contributed by atoms with van der Waals surface area (Å²) in [5.41, 5.74) is 0. The van der Waals surface area contributed by atoms with E-state index in [0.717, 1.165) is 18.7 Å². The highest BCUT2D eigenvalue weighted by Crippen LogP contribution is 2.38. The van der Waals surface area contributed by atoms with Gasteiger partial charge in [0.25, 0.3) is 0 Å². The molecule has 0 saturated heterocycles. The lowest BCUT2D eigenvalue weighted by atomic mass is 10.2. The van der Waals surface area contributed by atoms with Gasteiger partial charge >= 0.3 is 0 Å². The highest BCUT2D eigenvalue weighted by molar-refractivity contribution is 7.91. The van der Waals surface area contributed by atoms with E-state index in [1.807, 2.05) is 0 Å². The predicted octanol–water partition coefficient (Wildman–Crippen LogP) is 0.962. The Kier molecular flexibility index (Phi) is 2.15. The molecule has 0 amide bonds. The summed E-state index contributed by atoms with van der Waals surface area (Å²) in [6.07, 6.45) is 3.45. The van der Waals surface area contributed by atoms with E-state index in [9.17, 15) is 8.42 Å². The third-order valence-corrected chi connectivity index (χ3v) is 4.97. The van der Waals surface area contributed by atoms with E-state index in [1.54, 1.807) is 13.8 Å². The zero-order chi connectivity index (χ0) is 11.3. The molecule has 15 heavy (non-hydrogen) atoms. The van der Waals surface area contributed by atoms with Crippen LogP contribution in [-0.4, -0.2) is 29.9 Å². The van der Waals surface area contributed by atoms with Gasteiger partial charge < -0.3 is 0 Å². The molecular formula is C9H15N3O2S. The quantitative estimate of drug-likeness (QED) is 0.837. The van der Waals surface area contributed by atoms with E-state index < -0.39 is 14.6 Å². The molecule has 1 aromatic rings. The van der Waals surface area contributed by atoms with E-state index in [2.05, 4.69) is 15.2 Å². The number of aromatic nitrogens is 3. The molecule has 2 rings (SSSR count). The number of hydrogen-bond acceptors (Lipinski definition) is 4. The molecule has 0 spiro atoms. The van der Waals surface area contributed by atoms with Gasteiger partial charge in [0.1, 0.15) is 10.6 Å². The summed E-state index contributed by atoms with van der Waals surface area (Å²) in [7, 11) is -3.19. The number of sulfone groups is 1. The van der Waals surface area contributed by atoms with Crippen molar-refractivity contribution in [3.63, 3.8) is 0 Å². The average Bonchev–Trinajstić information content (AvgIpc) is 2.81. The van der Waals surface area contributed by atoms with Crippen LogP contribution in [0.3, 0.4) is 0 Å². The molecule has 1 aliphatic rings. The number of aromatic amines is 1. The van der Waals surface area contributed by atoms with Crippen LogP contribution in [0.15, 0.2) is 0 Å². The Morgan fingerprint density at radius 3 is 2.47 bits per heavy atom. The zero-order valence-electron chi connectivity index (χ0n) is 9.11. The highest BCUT2D eigenvalue weighted by Gasteiger charge is 2.38. The lowest BCUT2D eigenvalue weighted by molar-refractivity contribution is 0.550. The first-order chi connectivity index (χ1) is 6.82. The predicted molar refractivity (Wildman–Crippen MR) is 56.2 cm³/mol. The van der Waals surface area contributed by atoms with Crippen LogP contribution >= 0.6 is 0 Å². The van der Waals surface area contributed by atoms with Crippen molar-refractivity contribution in [1.29, 1.82) is 0 Å². The van der Waals surface area contributed by atoms with Crippen LogP contribution in [0.5, 0.6) is 0 Å². The largest absolute Gasteiger partial charge is 0.263 e. The molecule has 84 valence electrons. The van der Waals surface area contributed by atoms with Gasteiger partial charge in [-0.3, -0.25) is 5.10 Å². The minimum atomic E-state index is -3.19. The molecule has 1 N–H and O–H groups in total. The highest BCUT2D eigenvalue weighted by atomic mass is 32.2. The molecule has 0 unspecified atom stereocenters. The summed E-state index contributed by atoms with van der Waals surface area (Å²) in [6, 6.07) is 0. The second-order valence-corrected chi connectivity index (χ2v) is 7.17. The number of nitrogens with zero attached hydrogens (tertiary/aromatic N) is 2. The van der Waals surface area contributed by atoms with Crippen molar-refractivity contribution >= 4 is 9.84 Å². The first-order valence-electron chi connectivity index (χ1n) is 4.95. The van der Waals surface area contributed by atoms with Crippen molar-refractivity contribution in [3.8, 4) is 0 Å². The standard InChI is InChI=1S/C9H15N3O2S/c1-9(2,15(3,13)14)8-10-7(11-12-8)6-4-5-6/h6H,4-5H2,1-3H3,(H,10,11,12). The van der Waals surface area contributed by atoms with Gasteiger partial charge in [-0.05, 0) is 26.7 Å². The topological polar surface area (TPSA) is 75.7 Å². The summed E-state index contributed by atoms with van der Waals surface area (Å²) >= 11 is 0. The number of nitrogens with one attached hydrogen (secondary N) is 1. The maximum absolute atomic E-state index is 11.6. The smallest absolute Gasteiger partial charge is 0.171 e. The third-order valence-electron chi connectivity index (χ3n) is 2.93. The first-order valence-corrected chi connectivity index (χ1v) is 6.84. The average molecular weight is 229 g/mol. The van der Waals surface area contributed by atoms with E-state index >= 15 is 0 Å². The molecule has 0 bridgehead atoms. The number of H-pyrrole nitrogens is 1. The van der Waals surface area contributed by atoms with E-state index in [0.29, 0.717) is 11.7 Å². The third kappa shape index (κ3) is 1.78. The maximum Gasteiger partial charge on any atom is 0.171 e. The second kappa shape index (κ2) is 3.04. The van der Waals surface area contributed by atoms with Gasteiger partial charge in [0.15, 0.2) is 15.7 Å². The molecule has 6 heteroatoms. The molecule has 1 fully saturated rings. The Labute approximate surface area is 89.2 Å². The second-order valence-electron chi connectivity index (χ2n) is 4.60. The van der Waals surface area contributed by atoms with Gasteiger partial charge in [-0.2, -0.15) is 5.10 Å². The molecule has 1 saturated carbocycles. The summed E-state index contributed by atoms with van der Waals surface area (Å²) in [6.45, 7) is 3.25. The molecule has 1 aromatic heterocycles. The van der Waals surface area contributed by atoms with Crippen LogP contribution in [0.1, 0.15) is 44.3 Å². The van der Waals surface area contributed by atoms with Crippen molar-refractivity contribution in [3.05, 3.63) is 11.6 Å². The van der Waals surface area contributed by atoms with Gasteiger partial charge in [0.2, 0.25) is 0 Å². The normalized spacial score (nSPS) is 18.1. The fourth-order valence-electron chi connectivity index (χ4n) is 1.25. The van der Waals surface area contributed by atoms with Crippen LogP contribution in [0, 0.1) is 0 Å². The summed E-state index contributed by atoms with van der Waals surface area (Å²) in [5.74, 6) is 1.65. The molecule has 1 aliphatic carbocycles. The summed E-state index contributed by atoms with van der Waals surface area (Å²) < 4.78 is 22.1. The van der Waals surface area contributed by atoms with Gasteiger partial charge in [0, 0.05) is 12.2 Å². The SMILES string of the molecule is CC(C)(c1n[nH]c(C2CC2)n1)S(C)(=O)=O. The Balaban J connectivity index is 2.36. The lowest BCUT2D eigenvalue weighted by Gasteiger charge is -2.17. The van der Waals surface area contributed by atoms with Gasteiger partial charge in [-0.1, -0.05) is 0 Å². The van der Waals surface area contributed by atoms with Crippen molar-refractivity contribution in [2.24, 2.45) is 0 Å². The molecule has 0 aliphatic heterocycles. The lowest BCUT2D eigenvalue weighted by Crippen LogP contribution is -2.29. The van der Waals surface area contributed by atoms with Crippen LogP contribution in [-0.2, 0) is 14.6 Å². The molecule has 0 atom stereocenters. The van der Waals surface area contributed by atoms with Crippen molar-refractivity contribution in [2.75, 3.05) is 6.26 Å². The van der Waals surface area contributed by atoms with E-state index in [1.165, 1.54) is 6.26 Å². The van der Waals surface area contributed by atoms with Crippen molar-refractivity contribution < 1.29 is 8.42 Å². The Morgan fingerprint density at radius 1 is 1.40 bits per heavy atom. The molecular weight excluding hydrogens is 214 g/mol. The molecule has 0 aromatic carbocycles. The molecule has 0 radical (unpaired) electrons. The Hall–Kier alpha value is -0.910. The van der Waals surface area contributed by atoms with Crippen molar-refractivity contribution in [2.45, 2.75) is 37.4 Å². The van der Waals surface area contributed by atoms with Gasteiger partial charge in [-0.15, -0.1) is 0 Å². The maximum atomic E-state index is 11.6. The van der Waals surface area contributed by atoms with Crippen LogP contribution in [0.2, 0.25) is 0 Å². The molecule has 5 nitrogen and oxygen atoms in total. The minimum absolute atomic E-state index is 0.368. The number of rotatable bonds is 3. The first kappa shape index (κ1) is 10.6. The Bertz CT molecular complexity index is 471. The monoisotopic (exact) mass is 229 g/mol. The minimum Gasteiger partial charge on any atom is -0.263 e. The van der Waals surface area contributed by atoms with Crippen LogP contribution in [0.4, 0.5) is 0 Å². The van der Waals surface area contributed by atoms with E-state index in [4.69, 9.17) is 0 Å².